The van der Waals surface area contributed by atoms with Crippen LogP contribution in [-0.4, -0.2) is 31.4 Å². The molecule has 5 heteroatoms. The lowest BCUT2D eigenvalue weighted by Crippen LogP contribution is -2.13. The minimum atomic E-state index is -0.922. The average Bonchev–Trinajstić information content (AvgIpc) is 2.11. The van der Waals surface area contributed by atoms with Crippen LogP contribution in [0.4, 0.5) is 0 Å². The Bertz CT molecular complexity index is 241. The molecule has 0 heterocycles. The minimum Gasteiger partial charge on any atom is -0.466 e. The van der Waals surface area contributed by atoms with Crippen LogP contribution in [0.2, 0.25) is 0 Å². The lowest BCUT2D eigenvalue weighted by molar-refractivity contribution is -0.152. The van der Waals surface area contributed by atoms with Crippen molar-refractivity contribution in [2.75, 3.05) is 13.7 Å². The summed E-state index contributed by atoms with van der Waals surface area (Å²) < 4.78 is 8.69. The number of esters is 2. The number of ketones is 1. The normalized spacial score (nSPS) is 9.69. The molecule has 0 aliphatic heterocycles. The van der Waals surface area contributed by atoms with E-state index in [-0.39, 0.29) is 6.61 Å². The van der Waals surface area contributed by atoms with E-state index in [4.69, 9.17) is 0 Å². The first-order valence-electron chi connectivity index (χ1n) is 3.50. The zero-order chi connectivity index (χ0) is 10.3. The third kappa shape index (κ3) is 5.60. The van der Waals surface area contributed by atoms with Gasteiger partial charge in [-0.1, -0.05) is 0 Å². The highest BCUT2D eigenvalue weighted by molar-refractivity contribution is 6.32. The predicted molar refractivity (Wildman–Crippen MR) is 42.8 cm³/mol. The van der Waals surface area contributed by atoms with E-state index >= 15 is 0 Å². The van der Waals surface area contributed by atoms with E-state index in [0.717, 1.165) is 13.0 Å². The van der Waals surface area contributed by atoms with E-state index < -0.39 is 17.7 Å². The molecule has 0 atom stereocenters. The fourth-order valence-corrected chi connectivity index (χ4v) is 0.438. The van der Waals surface area contributed by atoms with Crippen molar-refractivity contribution in [3.63, 3.8) is 0 Å². The lowest BCUT2D eigenvalue weighted by atomic mass is 10.4. The molecule has 0 unspecified atom stereocenters. The van der Waals surface area contributed by atoms with E-state index in [1.807, 2.05) is 0 Å². The maximum Gasteiger partial charge on any atom is 0.374 e. The standard InChI is InChI=1S/C8H10O5/c1-6(9)8(11)13-5-3-4-7(10)12-2/h3-4H,5H2,1-2H3. The van der Waals surface area contributed by atoms with E-state index in [0.29, 0.717) is 0 Å². The zero-order valence-corrected chi connectivity index (χ0v) is 7.40. The van der Waals surface area contributed by atoms with Crippen LogP contribution < -0.4 is 0 Å². The van der Waals surface area contributed by atoms with Gasteiger partial charge in [-0.05, 0) is 6.08 Å². The molecule has 0 spiro atoms. The zero-order valence-electron chi connectivity index (χ0n) is 7.40. The topological polar surface area (TPSA) is 69.7 Å². The third-order valence-corrected chi connectivity index (χ3v) is 1.05. The van der Waals surface area contributed by atoms with Crippen LogP contribution in [0.3, 0.4) is 0 Å². The second kappa shape index (κ2) is 5.93. The Hall–Kier alpha value is -1.65. The number of rotatable bonds is 4. The van der Waals surface area contributed by atoms with Crippen LogP contribution in [0.1, 0.15) is 6.92 Å². The van der Waals surface area contributed by atoms with Crippen molar-refractivity contribution in [3.05, 3.63) is 12.2 Å². The molecule has 0 radical (unpaired) electrons. The van der Waals surface area contributed by atoms with E-state index in [2.05, 4.69) is 9.47 Å². The van der Waals surface area contributed by atoms with Crippen molar-refractivity contribution in [1.82, 2.24) is 0 Å². The molecule has 0 N–H and O–H groups in total. The first kappa shape index (κ1) is 11.4. The van der Waals surface area contributed by atoms with Crippen molar-refractivity contribution >= 4 is 17.7 Å². The molecule has 0 aromatic carbocycles. The van der Waals surface area contributed by atoms with Gasteiger partial charge in [0.15, 0.2) is 0 Å². The van der Waals surface area contributed by atoms with Gasteiger partial charge in [-0.2, -0.15) is 0 Å². The number of hydrogen-bond donors (Lipinski definition) is 0. The summed E-state index contributed by atoms with van der Waals surface area (Å²) in [4.78, 5) is 31.3. The molecule has 0 aliphatic carbocycles. The predicted octanol–water partition coefficient (Wildman–Crippen LogP) is -0.152. The maximum absolute atomic E-state index is 10.5. The van der Waals surface area contributed by atoms with Gasteiger partial charge in [-0.25, -0.2) is 9.59 Å². The summed E-state index contributed by atoms with van der Waals surface area (Å²) in [5.41, 5.74) is 0. The van der Waals surface area contributed by atoms with Crippen molar-refractivity contribution in [1.29, 1.82) is 0 Å². The second-order valence-corrected chi connectivity index (χ2v) is 2.08. The minimum absolute atomic E-state index is 0.118. The molecular formula is C8H10O5. The highest BCUT2D eigenvalue weighted by atomic mass is 16.5. The second-order valence-electron chi connectivity index (χ2n) is 2.08. The monoisotopic (exact) mass is 186 g/mol. The summed E-state index contributed by atoms with van der Waals surface area (Å²) in [6, 6.07) is 0. The number of carbonyl (C=O) groups is 3. The van der Waals surface area contributed by atoms with Gasteiger partial charge in [0, 0.05) is 13.0 Å². The van der Waals surface area contributed by atoms with Gasteiger partial charge in [-0.3, -0.25) is 4.79 Å². The molecule has 0 bridgehead atoms. The van der Waals surface area contributed by atoms with E-state index in [1.54, 1.807) is 0 Å². The molecular weight excluding hydrogens is 176 g/mol. The fraction of sp³-hybridized carbons (Fsp3) is 0.375. The summed E-state index contributed by atoms with van der Waals surface area (Å²) in [6.07, 6.45) is 2.39. The van der Waals surface area contributed by atoms with Crippen LogP contribution in [0, 0.1) is 0 Å². The Morgan fingerprint density at radius 2 is 1.92 bits per heavy atom. The molecule has 0 rings (SSSR count). The van der Waals surface area contributed by atoms with Crippen LogP contribution in [0.5, 0.6) is 0 Å². The summed E-state index contributed by atoms with van der Waals surface area (Å²) in [5, 5.41) is 0. The largest absolute Gasteiger partial charge is 0.466 e. The SMILES string of the molecule is COC(=O)C=CCOC(=O)C(C)=O. The van der Waals surface area contributed by atoms with Gasteiger partial charge in [-0.15, -0.1) is 0 Å². The van der Waals surface area contributed by atoms with Crippen molar-refractivity contribution in [3.8, 4) is 0 Å². The molecule has 0 aliphatic rings. The smallest absolute Gasteiger partial charge is 0.374 e. The van der Waals surface area contributed by atoms with Gasteiger partial charge in [0.1, 0.15) is 6.61 Å². The number of hydrogen-bond acceptors (Lipinski definition) is 5. The molecule has 13 heavy (non-hydrogen) atoms. The van der Waals surface area contributed by atoms with Gasteiger partial charge in [0.25, 0.3) is 0 Å². The molecule has 0 fully saturated rings. The van der Waals surface area contributed by atoms with Gasteiger partial charge < -0.3 is 9.47 Å². The van der Waals surface area contributed by atoms with Crippen molar-refractivity contribution in [2.24, 2.45) is 0 Å². The van der Waals surface area contributed by atoms with Crippen molar-refractivity contribution < 1.29 is 23.9 Å². The maximum atomic E-state index is 10.5. The number of ether oxygens (including phenoxy) is 2. The highest BCUT2D eigenvalue weighted by Crippen LogP contribution is 1.83. The van der Waals surface area contributed by atoms with Gasteiger partial charge >= 0.3 is 11.9 Å². The Labute approximate surface area is 75.3 Å². The summed E-state index contributed by atoms with van der Waals surface area (Å²) in [5.74, 6) is -2.14. The Kier molecular flexibility index (Phi) is 5.18. The number of carbonyl (C=O) groups excluding carboxylic acids is 3. The lowest BCUT2D eigenvalue weighted by Gasteiger charge is -1.95. The first-order valence-corrected chi connectivity index (χ1v) is 3.50. The molecule has 72 valence electrons. The molecule has 0 saturated heterocycles. The quantitative estimate of drug-likeness (QED) is 0.347. The van der Waals surface area contributed by atoms with Crippen LogP contribution >= 0.6 is 0 Å². The first-order chi connectivity index (χ1) is 6.07. The molecule has 0 aromatic rings. The third-order valence-electron chi connectivity index (χ3n) is 1.05. The van der Waals surface area contributed by atoms with Crippen LogP contribution in [0.25, 0.3) is 0 Å². The summed E-state index contributed by atoms with van der Waals surface area (Å²) in [6.45, 7) is 0.986. The van der Waals surface area contributed by atoms with Crippen LogP contribution in [-0.2, 0) is 23.9 Å². The molecule has 0 amide bonds. The highest BCUT2D eigenvalue weighted by Gasteiger charge is 2.06. The summed E-state index contributed by atoms with van der Waals surface area (Å²) >= 11 is 0. The molecule has 0 aromatic heterocycles. The Balaban J connectivity index is 3.68. The van der Waals surface area contributed by atoms with E-state index in [9.17, 15) is 14.4 Å². The molecule has 0 saturated carbocycles. The fourth-order valence-electron chi connectivity index (χ4n) is 0.438. The number of methoxy groups -OCH3 is 1. The van der Waals surface area contributed by atoms with Crippen molar-refractivity contribution in [2.45, 2.75) is 6.92 Å². The van der Waals surface area contributed by atoms with Crippen LogP contribution in [0.15, 0.2) is 12.2 Å². The summed E-state index contributed by atoms with van der Waals surface area (Å²) in [7, 11) is 1.23. The number of Topliss-reactive ketones (excluding diaryl/α,β-unsaturated/α-hetero) is 1. The van der Waals surface area contributed by atoms with Gasteiger partial charge in [0.2, 0.25) is 5.78 Å². The Morgan fingerprint density at radius 3 is 2.38 bits per heavy atom. The molecule has 5 nitrogen and oxygen atoms in total. The average molecular weight is 186 g/mol. The Morgan fingerprint density at radius 1 is 1.31 bits per heavy atom. The van der Waals surface area contributed by atoms with Gasteiger partial charge in [0.05, 0.1) is 7.11 Å². The van der Waals surface area contributed by atoms with E-state index in [1.165, 1.54) is 13.2 Å².